The summed E-state index contributed by atoms with van der Waals surface area (Å²) in [6, 6.07) is 5.81. The molecule has 0 spiro atoms. The fourth-order valence-corrected chi connectivity index (χ4v) is 1.33. The average Bonchev–Trinajstić information content (AvgIpc) is 2.10. The van der Waals surface area contributed by atoms with Gasteiger partial charge in [0, 0.05) is 4.47 Å². The van der Waals surface area contributed by atoms with Crippen LogP contribution in [0.1, 0.15) is 24.1 Å². The van der Waals surface area contributed by atoms with Crippen molar-refractivity contribution in [3.63, 3.8) is 0 Å². The van der Waals surface area contributed by atoms with Gasteiger partial charge >= 0.3 is 0 Å². The van der Waals surface area contributed by atoms with Gasteiger partial charge in [0.25, 0.3) is 0 Å². The van der Waals surface area contributed by atoms with Gasteiger partial charge in [0.1, 0.15) is 0 Å². The molecule has 0 aliphatic heterocycles. The summed E-state index contributed by atoms with van der Waals surface area (Å²) >= 11 is 3.41. The predicted molar refractivity (Wildman–Crippen MR) is 55.4 cm³/mol. The van der Waals surface area contributed by atoms with Crippen LogP contribution in [0.25, 0.3) is 0 Å². The molecule has 0 aromatic heterocycles. The minimum atomic E-state index is -0.107. The van der Waals surface area contributed by atoms with E-state index < -0.39 is 0 Å². The zero-order valence-corrected chi connectivity index (χ0v) is 9.13. The lowest BCUT2D eigenvalue weighted by molar-refractivity contribution is 0.559. The van der Waals surface area contributed by atoms with Crippen molar-refractivity contribution < 1.29 is 4.79 Å². The lowest BCUT2D eigenvalue weighted by Gasteiger charge is -2.06. The SMILES string of the molecule is Cc1cc([C@H](C)N=C=O)ccc1Br. The minimum absolute atomic E-state index is 0.107. The number of nitrogens with zero attached hydrogens (tertiary/aromatic N) is 1. The molecule has 3 heteroatoms. The summed E-state index contributed by atoms with van der Waals surface area (Å²) in [5, 5.41) is 0. The second kappa shape index (κ2) is 4.35. The third-order valence-electron chi connectivity index (χ3n) is 1.91. The molecule has 0 amide bonds. The van der Waals surface area contributed by atoms with Crippen LogP contribution >= 0.6 is 15.9 Å². The zero-order valence-electron chi connectivity index (χ0n) is 7.54. The average molecular weight is 240 g/mol. The molecule has 0 saturated carbocycles. The lowest BCUT2D eigenvalue weighted by atomic mass is 10.1. The molecule has 2 nitrogen and oxygen atoms in total. The molecule has 13 heavy (non-hydrogen) atoms. The van der Waals surface area contributed by atoms with Crippen molar-refractivity contribution in [2.45, 2.75) is 19.9 Å². The molecule has 1 aromatic carbocycles. The molecule has 0 aliphatic rings. The Hall–Kier alpha value is -0.920. The molecule has 0 bridgehead atoms. The van der Waals surface area contributed by atoms with Crippen LogP contribution in [0.5, 0.6) is 0 Å². The van der Waals surface area contributed by atoms with Gasteiger partial charge < -0.3 is 0 Å². The van der Waals surface area contributed by atoms with Crippen LogP contribution in [0.15, 0.2) is 27.7 Å². The van der Waals surface area contributed by atoms with Gasteiger partial charge in [-0.15, -0.1) is 0 Å². The first kappa shape index (κ1) is 10.2. The van der Waals surface area contributed by atoms with E-state index in [2.05, 4.69) is 20.9 Å². The van der Waals surface area contributed by atoms with Crippen molar-refractivity contribution in [1.82, 2.24) is 0 Å². The van der Waals surface area contributed by atoms with E-state index in [1.54, 1.807) is 6.08 Å². The van der Waals surface area contributed by atoms with Crippen LogP contribution < -0.4 is 0 Å². The Bertz CT molecular complexity index is 356. The summed E-state index contributed by atoms with van der Waals surface area (Å²) in [5.74, 6) is 0. The van der Waals surface area contributed by atoms with Gasteiger partial charge in [-0.2, -0.15) is 4.99 Å². The Labute approximate surface area is 85.8 Å². The van der Waals surface area contributed by atoms with Crippen LogP contribution in [0.4, 0.5) is 0 Å². The third-order valence-corrected chi connectivity index (χ3v) is 2.80. The highest BCUT2D eigenvalue weighted by Crippen LogP contribution is 2.22. The quantitative estimate of drug-likeness (QED) is 0.576. The van der Waals surface area contributed by atoms with Gasteiger partial charge in [0.2, 0.25) is 6.08 Å². The molecule has 1 rings (SSSR count). The van der Waals surface area contributed by atoms with Gasteiger partial charge in [-0.1, -0.05) is 28.1 Å². The molecule has 68 valence electrons. The number of rotatable bonds is 2. The first-order valence-corrected chi connectivity index (χ1v) is 4.77. The van der Waals surface area contributed by atoms with E-state index in [4.69, 9.17) is 0 Å². The second-order valence-corrected chi connectivity index (χ2v) is 3.76. The molecular weight excluding hydrogens is 230 g/mol. The van der Waals surface area contributed by atoms with Crippen LogP contribution in [0.2, 0.25) is 0 Å². The summed E-state index contributed by atoms with van der Waals surface area (Å²) in [6.07, 6.45) is 1.56. The maximum Gasteiger partial charge on any atom is 0.235 e. The predicted octanol–water partition coefficient (Wildman–Crippen LogP) is 3.15. The van der Waals surface area contributed by atoms with Gasteiger partial charge in [-0.3, -0.25) is 0 Å². The van der Waals surface area contributed by atoms with Crippen LogP contribution in [0, 0.1) is 6.92 Å². The molecule has 0 N–H and O–H groups in total. The lowest BCUT2D eigenvalue weighted by Crippen LogP contribution is -1.90. The highest BCUT2D eigenvalue weighted by Gasteiger charge is 2.04. The van der Waals surface area contributed by atoms with Crippen molar-refractivity contribution in [2.24, 2.45) is 4.99 Å². The topological polar surface area (TPSA) is 29.4 Å². The summed E-state index contributed by atoms with van der Waals surface area (Å²) in [7, 11) is 0. The number of isocyanates is 1. The van der Waals surface area contributed by atoms with E-state index >= 15 is 0 Å². The molecule has 1 aromatic rings. The van der Waals surface area contributed by atoms with Gasteiger partial charge in [0.15, 0.2) is 0 Å². The van der Waals surface area contributed by atoms with Crippen molar-refractivity contribution >= 4 is 22.0 Å². The number of hydrogen-bond acceptors (Lipinski definition) is 2. The molecule has 0 radical (unpaired) electrons. The molecule has 1 atom stereocenters. The van der Waals surface area contributed by atoms with Crippen molar-refractivity contribution in [1.29, 1.82) is 0 Å². The number of carbonyl (C=O) groups excluding carboxylic acids is 1. The van der Waals surface area contributed by atoms with Gasteiger partial charge in [-0.05, 0) is 31.0 Å². The van der Waals surface area contributed by atoms with E-state index in [0.29, 0.717) is 0 Å². The van der Waals surface area contributed by atoms with E-state index in [-0.39, 0.29) is 6.04 Å². The van der Waals surface area contributed by atoms with Crippen LogP contribution in [-0.4, -0.2) is 6.08 Å². The van der Waals surface area contributed by atoms with Gasteiger partial charge in [0.05, 0.1) is 6.04 Å². The number of benzene rings is 1. The second-order valence-electron chi connectivity index (χ2n) is 2.90. The molecule has 0 unspecified atom stereocenters. The fourth-order valence-electron chi connectivity index (χ4n) is 1.08. The first-order valence-electron chi connectivity index (χ1n) is 3.98. The smallest absolute Gasteiger partial charge is 0.211 e. The van der Waals surface area contributed by atoms with E-state index in [0.717, 1.165) is 15.6 Å². The molecule has 0 fully saturated rings. The summed E-state index contributed by atoms with van der Waals surface area (Å²) in [5.41, 5.74) is 2.18. The maximum absolute atomic E-state index is 10.0. The number of halogens is 1. The molecule has 0 heterocycles. The van der Waals surface area contributed by atoms with Crippen LogP contribution in [-0.2, 0) is 4.79 Å². The number of aryl methyl sites for hydroxylation is 1. The summed E-state index contributed by atoms with van der Waals surface area (Å²) < 4.78 is 1.07. The molecule has 0 saturated heterocycles. The maximum atomic E-state index is 10.0. The minimum Gasteiger partial charge on any atom is -0.211 e. The molecular formula is C10H10BrNO. The third kappa shape index (κ3) is 2.51. The van der Waals surface area contributed by atoms with Gasteiger partial charge in [-0.25, -0.2) is 4.79 Å². The largest absolute Gasteiger partial charge is 0.235 e. The Morgan fingerprint density at radius 2 is 2.23 bits per heavy atom. The Balaban J connectivity index is 3.03. The van der Waals surface area contributed by atoms with Crippen molar-refractivity contribution in [3.05, 3.63) is 33.8 Å². The highest BCUT2D eigenvalue weighted by atomic mass is 79.9. The fraction of sp³-hybridized carbons (Fsp3) is 0.300. The Morgan fingerprint density at radius 3 is 2.77 bits per heavy atom. The molecule has 0 aliphatic carbocycles. The summed E-state index contributed by atoms with van der Waals surface area (Å²) in [4.78, 5) is 13.7. The Kier molecular flexibility index (Phi) is 3.40. The van der Waals surface area contributed by atoms with E-state index in [9.17, 15) is 4.79 Å². The van der Waals surface area contributed by atoms with Crippen molar-refractivity contribution in [2.75, 3.05) is 0 Å². The number of aliphatic imine (C=N–C) groups is 1. The monoisotopic (exact) mass is 239 g/mol. The summed E-state index contributed by atoms with van der Waals surface area (Å²) in [6.45, 7) is 3.87. The normalized spacial score (nSPS) is 11.9. The first-order chi connectivity index (χ1) is 6.15. The number of hydrogen-bond donors (Lipinski definition) is 0. The highest BCUT2D eigenvalue weighted by molar-refractivity contribution is 9.10. The zero-order chi connectivity index (χ0) is 9.84. The van der Waals surface area contributed by atoms with E-state index in [1.807, 2.05) is 32.0 Å². The van der Waals surface area contributed by atoms with Crippen LogP contribution in [0.3, 0.4) is 0 Å². The Morgan fingerprint density at radius 1 is 1.54 bits per heavy atom. The van der Waals surface area contributed by atoms with Crippen molar-refractivity contribution in [3.8, 4) is 0 Å². The van der Waals surface area contributed by atoms with E-state index in [1.165, 1.54) is 0 Å². The standard InChI is InChI=1S/C10H10BrNO/c1-7-5-9(3-4-10(7)11)8(2)12-6-13/h3-5,8H,1-2H3/t8-/m0/s1.